The van der Waals surface area contributed by atoms with E-state index in [1.807, 2.05) is 57.2 Å². The second-order valence-electron chi connectivity index (χ2n) is 5.77. The summed E-state index contributed by atoms with van der Waals surface area (Å²) < 4.78 is 6.36. The molecule has 0 unspecified atom stereocenters. The molecule has 0 aliphatic rings. The Bertz CT molecular complexity index is 923. The minimum Gasteiger partial charge on any atom is -0.494 e. The third kappa shape index (κ3) is 4.36. The molecule has 2 aromatic heterocycles. The van der Waals surface area contributed by atoms with Gasteiger partial charge in [0.25, 0.3) is 5.91 Å². The predicted molar refractivity (Wildman–Crippen MR) is 113 cm³/mol. The van der Waals surface area contributed by atoms with Gasteiger partial charge in [0, 0.05) is 22.8 Å². The molecule has 1 amide bonds. The van der Waals surface area contributed by atoms with E-state index in [1.54, 1.807) is 11.1 Å². The molecule has 1 aromatic carbocycles. The van der Waals surface area contributed by atoms with Gasteiger partial charge >= 0.3 is 0 Å². The first kappa shape index (κ1) is 19.5. The lowest BCUT2D eigenvalue weighted by Crippen LogP contribution is -2.31. The van der Waals surface area contributed by atoms with Crippen molar-refractivity contribution in [1.82, 2.24) is 9.97 Å². The molecule has 7 heteroatoms. The fourth-order valence-corrected chi connectivity index (χ4v) is 3.89. The van der Waals surface area contributed by atoms with E-state index >= 15 is 0 Å². The molecule has 2 heterocycles. The summed E-state index contributed by atoms with van der Waals surface area (Å²) in [5.74, 6) is 1.37. The average Bonchev–Trinajstić information content (AvgIpc) is 3.06. The maximum atomic E-state index is 13.1. The van der Waals surface area contributed by atoms with Gasteiger partial charge in [-0.05, 0) is 73.1 Å². The van der Waals surface area contributed by atoms with Crippen molar-refractivity contribution in [3.05, 3.63) is 57.6 Å². The first-order chi connectivity index (χ1) is 13.0. The van der Waals surface area contributed by atoms with Crippen molar-refractivity contribution in [2.75, 3.05) is 18.1 Å². The van der Waals surface area contributed by atoms with E-state index in [4.69, 9.17) is 4.74 Å². The monoisotopic (exact) mass is 445 g/mol. The number of hydrogen-bond acceptors (Lipinski definition) is 5. The fourth-order valence-electron chi connectivity index (χ4n) is 2.64. The van der Waals surface area contributed by atoms with Crippen LogP contribution in [0.15, 0.2) is 47.1 Å². The molecule has 0 radical (unpaired) electrons. The van der Waals surface area contributed by atoms with Crippen molar-refractivity contribution in [2.45, 2.75) is 20.8 Å². The number of hydrogen-bond donors (Lipinski definition) is 0. The Balaban J connectivity index is 1.88. The largest absolute Gasteiger partial charge is 0.494 e. The third-order valence-electron chi connectivity index (χ3n) is 3.95. The number of rotatable bonds is 6. The second kappa shape index (κ2) is 8.63. The first-order valence-corrected chi connectivity index (χ1v) is 10.3. The van der Waals surface area contributed by atoms with Gasteiger partial charge in [-0.3, -0.25) is 9.69 Å². The van der Waals surface area contributed by atoms with Crippen LogP contribution in [0.4, 0.5) is 5.82 Å². The molecule has 3 aromatic rings. The number of ether oxygens (including phenoxy) is 1. The van der Waals surface area contributed by atoms with E-state index in [2.05, 4.69) is 25.9 Å². The smallest absolute Gasteiger partial charge is 0.271 e. The van der Waals surface area contributed by atoms with E-state index < -0.39 is 0 Å². The fraction of sp³-hybridized carbons (Fsp3) is 0.250. The Hall–Kier alpha value is -2.25. The highest BCUT2D eigenvalue weighted by Crippen LogP contribution is 2.31. The molecular formula is C20H20BrN3O2S. The van der Waals surface area contributed by atoms with E-state index in [-0.39, 0.29) is 5.91 Å². The van der Waals surface area contributed by atoms with Crippen LogP contribution in [-0.2, 0) is 0 Å². The van der Waals surface area contributed by atoms with E-state index in [0.717, 1.165) is 26.5 Å². The summed E-state index contributed by atoms with van der Waals surface area (Å²) in [5.41, 5.74) is 1.69. The van der Waals surface area contributed by atoms with Crippen LogP contribution < -0.4 is 9.64 Å². The Morgan fingerprint density at radius 3 is 2.52 bits per heavy atom. The van der Waals surface area contributed by atoms with Crippen LogP contribution in [0.3, 0.4) is 0 Å². The Morgan fingerprint density at radius 1 is 1.19 bits per heavy atom. The van der Waals surface area contributed by atoms with E-state index in [0.29, 0.717) is 23.8 Å². The Kier molecular flexibility index (Phi) is 6.23. The number of pyridine rings is 1. The van der Waals surface area contributed by atoms with Crippen LogP contribution in [0.25, 0.3) is 10.6 Å². The van der Waals surface area contributed by atoms with Gasteiger partial charge in [0.2, 0.25) is 0 Å². The van der Waals surface area contributed by atoms with Gasteiger partial charge in [-0.2, -0.15) is 0 Å². The lowest BCUT2D eigenvalue weighted by atomic mass is 10.2. The normalized spacial score (nSPS) is 10.7. The van der Waals surface area contributed by atoms with Crippen molar-refractivity contribution < 1.29 is 9.53 Å². The van der Waals surface area contributed by atoms with Crippen molar-refractivity contribution >= 4 is 39.0 Å². The molecule has 0 fully saturated rings. The zero-order valence-electron chi connectivity index (χ0n) is 15.4. The molecule has 0 spiro atoms. The number of benzene rings is 1. The molecule has 0 atom stereocenters. The molecule has 0 saturated heterocycles. The van der Waals surface area contributed by atoms with Crippen LogP contribution in [-0.4, -0.2) is 29.0 Å². The summed E-state index contributed by atoms with van der Waals surface area (Å²) in [6.07, 6.45) is 1.69. The SMILES string of the molecule is CCOc1ccc(-c2nc(C)c(C(=O)N(CC)c3ccc(Br)cn3)s2)cc1. The lowest BCUT2D eigenvalue weighted by molar-refractivity contribution is 0.0990. The second-order valence-corrected chi connectivity index (χ2v) is 7.69. The number of halogens is 1. The number of anilines is 1. The van der Waals surface area contributed by atoms with Crippen LogP contribution in [0.5, 0.6) is 5.75 Å². The number of aryl methyl sites for hydroxylation is 1. The average molecular weight is 446 g/mol. The van der Waals surface area contributed by atoms with E-state index in [1.165, 1.54) is 11.3 Å². The molecule has 5 nitrogen and oxygen atoms in total. The van der Waals surface area contributed by atoms with Gasteiger partial charge in [-0.15, -0.1) is 11.3 Å². The summed E-state index contributed by atoms with van der Waals surface area (Å²) in [4.78, 5) is 24.3. The topological polar surface area (TPSA) is 55.3 Å². The molecule has 0 bridgehead atoms. The number of amides is 1. The number of carbonyl (C=O) groups is 1. The molecule has 0 saturated carbocycles. The third-order valence-corrected chi connectivity index (χ3v) is 5.62. The minimum absolute atomic E-state index is 0.0838. The van der Waals surface area contributed by atoms with Gasteiger partial charge in [0.1, 0.15) is 21.5 Å². The summed E-state index contributed by atoms with van der Waals surface area (Å²) in [7, 11) is 0. The zero-order valence-corrected chi connectivity index (χ0v) is 17.8. The molecule has 0 aliphatic heterocycles. The highest BCUT2D eigenvalue weighted by Gasteiger charge is 2.23. The number of aromatic nitrogens is 2. The van der Waals surface area contributed by atoms with Gasteiger partial charge in [0.05, 0.1) is 12.3 Å². The quantitative estimate of drug-likeness (QED) is 0.513. The lowest BCUT2D eigenvalue weighted by Gasteiger charge is -2.19. The zero-order chi connectivity index (χ0) is 19.4. The van der Waals surface area contributed by atoms with E-state index in [9.17, 15) is 4.79 Å². The standard InChI is InChI=1S/C20H20BrN3O2S/c1-4-24(17-11-8-15(21)12-22-17)20(25)18-13(3)23-19(27-18)14-6-9-16(10-7-14)26-5-2/h6-12H,4-5H2,1-3H3. The number of thiazole rings is 1. The maximum Gasteiger partial charge on any atom is 0.271 e. The van der Waals surface area contributed by atoms with Gasteiger partial charge in [-0.1, -0.05) is 0 Å². The molecule has 0 aliphatic carbocycles. The molecular weight excluding hydrogens is 426 g/mol. The summed E-state index contributed by atoms with van der Waals surface area (Å²) in [6, 6.07) is 11.5. The highest BCUT2D eigenvalue weighted by atomic mass is 79.9. The van der Waals surface area contributed by atoms with Crippen LogP contribution in [0.2, 0.25) is 0 Å². The summed E-state index contributed by atoms with van der Waals surface area (Å²) in [5, 5.41) is 0.818. The maximum absolute atomic E-state index is 13.1. The van der Waals surface area contributed by atoms with Crippen LogP contribution >= 0.6 is 27.3 Å². The summed E-state index contributed by atoms with van der Waals surface area (Å²) in [6.45, 7) is 6.92. The van der Waals surface area contributed by atoms with Crippen molar-refractivity contribution in [3.63, 3.8) is 0 Å². The molecule has 27 heavy (non-hydrogen) atoms. The van der Waals surface area contributed by atoms with Crippen molar-refractivity contribution in [1.29, 1.82) is 0 Å². The Labute approximate surface area is 171 Å². The van der Waals surface area contributed by atoms with Crippen LogP contribution in [0.1, 0.15) is 29.2 Å². The van der Waals surface area contributed by atoms with Gasteiger partial charge in [-0.25, -0.2) is 9.97 Å². The van der Waals surface area contributed by atoms with Crippen molar-refractivity contribution in [2.24, 2.45) is 0 Å². The van der Waals surface area contributed by atoms with Crippen molar-refractivity contribution in [3.8, 4) is 16.3 Å². The molecule has 3 rings (SSSR count). The number of carbonyl (C=O) groups excluding carboxylic acids is 1. The van der Waals surface area contributed by atoms with Crippen LogP contribution in [0, 0.1) is 6.92 Å². The highest BCUT2D eigenvalue weighted by molar-refractivity contribution is 9.10. The number of nitrogens with zero attached hydrogens (tertiary/aromatic N) is 3. The first-order valence-electron chi connectivity index (χ1n) is 8.67. The molecule has 140 valence electrons. The minimum atomic E-state index is -0.0838. The predicted octanol–water partition coefficient (Wildman–Crippen LogP) is 5.34. The van der Waals surface area contributed by atoms with Gasteiger partial charge < -0.3 is 4.74 Å². The Morgan fingerprint density at radius 2 is 1.93 bits per heavy atom. The molecule has 0 N–H and O–H groups in total. The van der Waals surface area contributed by atoms with Gasteiger partial charge in [0.15, 0.2) is 0 Å². The summed E-state index contributed by atoms with van der Waals surface area (Å²) >= 11 is 4.77.